The summed E-state index contributed by atoms with van der Waals surface area (Å²) < 4.78 is 0. The van der Waals surface area contributed by atoms with Crippen LogP contribution in [0.15, 0.2) is 53.6 Å². The third-order valence-corrected chi connectivity index (χ3v) is 3.50. The Bertz CT molecular complexity index is 844. The maximum absolute atomic E-state index is 9.23. The van der Waals surface area contributed by atoms with Crippen LogP contribution < -0.4 is 5.43 Å². The Balaban J connectivity index is 1.82. The molecule has 1 aromatic heterocycles. The smallest absolute Gasteiger partial charge is 0.147 e. The second-order valence-electron chi connectivity index (χ2n) is 4.95. The number of pyridine rings is 1. The zero-order valence-corrected chi connectivity index (χ0v) is 12.7. The minimum Gasteiger partial charge on any atom is -0.508 e. The molecule has 0 bridgehead atoms. The number of hydrazone groups is 1. The van der Waals surface area contributed by atoms with E-state index in [2.05, 4.69) is 15.5 Å². The number of rotatable bonds is 3. The predicted molar refractivity (Wildman–Crippen MR) is 90.8 cm³/mol. The van der Waals surface area contributed by atoms with Crippen molar-refractivity contribution in [3.8, 4) is 5.75 Å². The number of nitrogens with one attached hydrogen (secondary N) is 1. The first kappa shape index (κ1) is 14.4. The number of aryl methyl sites for hydroxylation is 1. The molecule has 0 fully saturated rings. The molecular weight excluding hydrogens is 298 g/mol. The molecule has 3 rings (SSSR count). The monoisotopic (exact) mass is 311 g/mol. The summed E-state index contributed by atoms with van der Waals surface area (Å²) in [5.41, 5.74) is 5.75. The largest absolute Gasteiger partial charge is 0.508 e. The van der Waals surface area contributed by atoms with Gasteiger partial charge in [0.15, 0.2) is 0 Å². The van der Waals surface area contributed by atoms with Crippen molar-refractivity contribution in [2.45, 2.75) is 6.92 Å². The van der Waals surface area contributed by atoms with Gasteiger partial charge in [-0.1, -0.05) is 11.6 Å². The lowest BCUT2D eigenvalue weighted by Gasteiger charge is -2.06. The number of nitrogens with zero attached hydrogens (tertiary/aromatic N) is 2. The highest BCUT2D eigenvalue weighted by atomic mass is 35.5. The van der Waals surface area contributed by atoms with E-state index in [1.54, 1.807) is 30.5 Å². The van der Waals surface area contributed by atoms with E-state index in [4.69, 9.17) is 11.6 Å². The van der Waals surface area contributed by atoms with Crippen molar-refractivity contribution in [2.75, 3.05) is 5.43 Å². The lowest BCUT2D eigenvalue weighted by molar-refractivity contribution is 0.475. The van der Waals surface area contributed by atoms with Crippen molar-refractivity contribution in [1.29, 1.82) is 0 Å². The van der Waals surface area contributed by atoms with Gasteiger partial charge in [0.05, 0.1) is 11.7 Å². The van der Waals surface area contributed by atoms with Crippen molar-refractivity contribution >= 4 is 34.5 Å². The van der Waals surface area contributed by atoms with Gasteiger partial charge >= 0.3 is 0 Å². The van der Waals surface area contributed by atoms with Crippen LogP contribution in [0.1, 0.15) is 11.1 Å². The summed E-state index contributed by atoms with van der Waals surface area (Å²) in [5.74, 6) is 0.901. The molecule has 0 radical (unpaired) electrons. The van der Waals surface area contributed by atoms with Gasteiger partial charge in [-0.3, -0.25) is 5.43 Å². The highest BCUT2D eigenvalue weighted by Crippen LogP contribution is 2.23. The summed E-state index contributed by atoms with van der Waals surface area (Å²) in [6.45, 7) is 2.01. The topological polar surface area (TPSA) is 57.5 Å². The first-order chi connectivity index (χ1) is 10.6. The van der Waals surface area contributed by atoms with Crippen LogP contribution in [0.5, 0.6) is 5.75 Å². The molecule has 4 nitrogen and oxygen atoms in total. The maximum atomic E-state index is 9.23. The average molecular weight is 312 g/mol. The molecule has 2 N–H and O–H groups in total. The summed E-state index contributed by atoms with van der Waals surface area (Å²) >= 11 is 6.01. The molecule has 0 aliphatic heterocycles. The molecular formula is C17H14ClN3O. The van der Waals surface area contributed by atoms with Gasteiger partial charge in [0.25, 0.3) is 0 Å². The number of aromatic nitrogens is 1. The van der Waals surface area contributed by atoms with E-state index in [1.807, 2.05) is 31.2 Å². The van der Waals surface area contributed by atoms with Gasteiger partial charge in [-0.25, -0.2) is 4.98 Å². The average Bonchev–Trinajstić information content (AvgIpc) is 2.50. The van der Waals surface area contributed by atoms with Crippen LogP contribution >= 0.6 is 11.6 Å². The van der Waals surface area contributed by atoms with Crippen LogP contribution in [0.3, 0.4) is 0 Å². The number of benzene rings is 2. The zero-order valence-electron chi connectivity index (χ0n) is 11.9. The maximum Gasteiger partial charge on any atom is 0.147 e. The molecule has 0 atom stereocenters. The number of fused-ring (bicyclic) bond motifs is 1. The lowest BCUT2D eigenvalue weighted by atomic mass is 10.1. The Hall–Kier alpha value is -2.59. The summed E-state index contributed by atoms with van der Waals surface area (Å²) in [7, 11) is 0. The summed E-state index contributed by atoms with van der Waals surface area (Å²) in [4.78, 5) is 4.50. The number of phenolic OH excluding ortho intramolecular Hbond substituents is 1. The predicted octanol–water partition coefficient (Wildman–Crippen LogP) is 4.35. The zero-order chi connectivity index (χ0) is 15.5. The summed E-state index contributed by atoms with van der Waals surface area (Å²) in [6, 6.07) is 14.3. The molecule has 0 spiro atoms. The number of hydrogen-bond acceptors (Lipinski definition) is 4. The van der Waals surface area contributed by atoms with Crippen LogP contribution in [-0.2, 0) is 0 Å². The van der Waals surface area contributed by atoms with E-state index in [-0.39, 0.29) is 5.75 Å². The molecule has 0 aliphatic carbocycles. The molecule has 22 heavy (non-hydrogen) atoms. The van der Waals surface area contributed by atoms with Gasteiger partial charge in [-0.05, 0) is 66.6 Å². The lowest BCUT2D eigenvalue weighted by Crippen LogP contribution is -1.95. The number of aromatic hydroxyl groups is 1. The fourth-order valence-corrected chi connectivity index (χ4v) is 2.33. The molecule has 110 valence electrons. The minimum atomic E-state index is 0.232. The molecule has 0 unspecified atom stereocenters. The third kappa shape index (κ3) is 3.18. The molecule has 0 aliphatic rings. The van der Waals surface area contributed by atoms with Crippen molar-refractivity contribution in [3.63, 3.8) is 0 Å². The molecule has 2 aromatic carbocycles. The fraction of sp³-hybridized carbons (Fsp3) is 0.0588. The van der Waals surface area contributed by atoms with Crippen molar-refractivity contribution < 1.29 is 5.11 Å². The normalized spacial score (nSPS) is 11.2. The fourth-order valence-electron chi connectivity index (χ4n) is 2.16. The van der Waals surface area contributed by atoms with Crippen molar-refractivity contribution in [2.24, 2.45) is 5.10 Å². The highest BCUT2D eigenvalue weighted by Gasteiger charge is 2.03. The van der Waals surface area contributed by atoms with E-state index >= 15 is 0 Å². The molecule has 5 heteroatoms. The Labute approximate surface area is 133 Å². The van der Waals surface area contributed by atoms with Crippen LogP contribution in [-0.4, -0.2) is 16.3 Å². The number of hydrogen-bond donors (Lipinski definition) is 2. The quantitative estimate of drug-likeness (QED) is 0.558. The van der Waals surface area contributed by atoms with Crippen LogP contribution in [0.2, 0.25) is 5.02 Å². The van der Waals surface area contributed by atoms with Gasteiger partial charge in [0.1, 0.15) is 11.6 Å². The molecule has 3 aromatic rings. The van der Waals surface area contributed by atoms with Gasteiger partial charge in [0.2, 0.25) is 0 Å². The van der Waals surface area contributed by atoms with Crippen LogP contribution in [0, 0.1) is 6.92 Å². The highest BCUT2D eigenvalue weighted by molar-refractivity contribution is 6.31. The van der Waals surface area contributed by atoms with Crippen LogP contribution in [0.25, 0.3) is 10.9 Å². The summed E-state index contributed by atoms with van der Waals surface area (Å²) in [5, 5.41) is 15.1. The van der Waals surface area contributed by atoms with Gasteiger partial charge in [-0.15, -0.1) is 0 Å². The molecule has 0 saturated heterocycles. The standard InChI is InChI=1S/C17H14ClN3O/c1-11-8-17(20-16-7-4-13(18)9-15(11)16)21-19-10-12-2-5-14(22)6-3-12/h2-10,22H,1H3,(H,20,21)/b19-10+. The first-order valence-corrected chi connectivity index (χ1v) is 7.14. The summed E-state index contributed by atoms with van der Waals surface area (Å²) in [6.07, 6.45) is 1.67. The second-order valence-corrected chi connectivity index (χ2v) is 5.38. The van der Waals surface area contributed by atoms with Crippen LogP contribution in [0.4, 0.5) is 5.82 Å². The van der Waals surface area contributed by atoms with Crippen molar-refractivity contribution in [1.82, 2.24) is 4.98 Å². The number of anilines is 1. The second kappa shape index (κ2) is 6.03. The third-order valence-electron chi connectivity index (χ3n) is 3.26. The number of phenols is 1. The van der Waals surface area contributed by atoms with Gasteiger partial charge < -0.3 is 5.11 Å². The Morgan fingerprint density at radius 1 is 1.14 bits per heavy atom. The Morgan fingerprint density at radius 3 is 2.68 bits per heavy atom. The van der Waals surface area contributed by atoms with E-state index in [0.29, 0.717) is 10.8 Å². The molecule has 0 saturated carbocycles. The van der Waals surface area contributed by atoms with E-state index in [0.717, 1.165) is 22.0 Å². The van der Waals surface area contributed by atoms with Gasteiger partial charge in [0, 0.05) is 10.4 Å². The molecule has 1 heterocycles. The minimum absolute atomic E-state index is 0.232. The molecule has 0 amide bonds. The first-order valence-electron chi connectivity index (χ1n) is 6.77. The van der Waals surface area contributed by atoms with Gasteiger partial charge in [-0.2, -0.15) is 5.10 Å². The van der Waals surface area contributed by atoms with Crippen molar-refractivity contribution in [3.05, 3.63) is 64.7 Å². The Morgan fingerprint density at radius 2 is 1.91 bits per heavy atom. The van der Waals surface area contributed by atoms with E-state index in [9.17, 15) is 5.11 Å². The Kier molecular flexibility index (Phi) is 3.94. The van der Waals surface area contributed by atoms with E-state index < -0.39 is 0 Å². The number of halogens is 1. The van der Waals surface area contributed by atoms with E-state index in [1.165, 1.54) is 0 Å². The SMILES string of the molecule is Cc1cc(N/N=C/c2ccc(O)cc2)nc2ccc(Cl)cc12.